The van der Waals surface area contributed by atoms with Crippen molar-refractivity contribution in [2.45, 2.75) is 45.7 Å². The Hall–Kier alpha value is -2.22. The molecule has 164 valence electrons. The van der Waals surface area contributed by atoms with E-state index in [9.17, 15) is 9.59 Å². The molecular formula is C24H30N4O2S. The number of fused-ring (bicyclic) bond motifs is 3. The summed E-state index contributed by atoms with van der Waals surface area (Å²) in [6.07, 6.45) is 4.47. The Bertz CT molecular complexity index is 1190. The van der Waals surface area contributed by atoms with Gasteiger partial charge in [-0.25, -0.2) is 9.36 Å². The highest BCUT2D eigenvalue weighted by molar-refractivity contribution is 7.18. The Labute approximate surface area is 186 Å². The summed E-state index contributed by atoms with van der Waals surface area (Å²) in [6.45, 7) is 8.82. The van der Waals surface area contributed by atoms with Gasteiger partial charge in [-0.1, -0.05) is 25.1 Å². The Morgan fingerprint density at radius 2 is 1.71 bits per heavy atom. The van der Waals surface area contributed by atoms with Crippen LogP contribution >= 0.6 is 11.3 Å². The molecule has 0 radical (unpaired) electrons. The normalized spacial score (nSPS) is 17.5. The van der Waals surface area contributed by atoms with Crippen molar-refractivity contribution in [2.75, 3.05) is 32.7 Å². The average Bonchev–Trinajstić information content (AvgIpc) is 3.42. The number of likely N-dealkylation sites (tertiary alicyclic amines) is 1. The molecule has 0 aliphatic carbocycles. The van der Waals surface area contributed by atoms with Gasteiger partial charge in [0.05, 0.1) is 11.1 Å². The van der Waals surface area contributed by atoms with Crippen LogP contribution in [0.2, 0.25) is 0 Å². The number of nitrogens with zero attached hydrogens (tertiary/aromatic N) is 4. The summed E-state index contributed by atoms with van der Waals surface area (Å²) < 4.78 is 3.26. The number of rotatable bonds is 6. The van der Waals surface area contributed by atoms with Crippen LogP contribution < -0.4 is 11.2 Å². The molecule has 0 bridgehead atoms. The van der Waals surface area contributed by atoms with Crippen molar-refractivity contribution < 1.29 is 0 Å². The van der Waals surface area contributed by atoms with E-state index in [-0.39, 0.29) is 11.2 Å². The van der Waals surface area contributed by atoms with Gasteiger partial charge in [0.2, 0.25) is 0 Å². The molecule has 2 aliphatic heterocycles. The molecule has 2 aliphatic rings. The van der Waals surface area contributed by atoms with E-state index in [4.69, 9.17) is 0 Å². The number of hydrogen-bond donors (Lipinski definition) is 0. The summed E-state index contributed by atoms with van der Waals surface area (Å²) in [7, 11) is 0. The molecule has 2 aromatic heterocycles. The molecule has 5 rings (SSSR count). The lowest BCUT2D eigenvalue weighted by Gasteiger charge is -2.26. The second-order valence-corrected chi connectivity index (χ2v) is 9.75. The van der Waals surface area contributed by atoms with E-state index >= 15 is 0 Å². The summed E-state index contributed by atoms with van der Waals surface area (Å²) in [5.74, 6) is 0. The Morgan fingerprint density at radius 3 is 2.45 bits per heavy atom. The van der Waals surface area contributed by atoms with Crippen LogP contribution in [-0.2, 0) is 19.5 Å². The molecule has 7 heteroatoms. The molecule has 4 heterocycles. The zero-order valence-electron chi connectivity index (χ0n) is 18.2. The fourth-order valence-corrected chi connectivity index (χ4v) is 6.42. The summed E-state index contributed by atoms with van der Waals surface area (Å²) in [6, 6.07) is 9.37. The standard InChI is InChI=1S/C24H30N4O2S/c1-2-11-26-14-10-19-20(17-26)31-23-21(19)22(29)28(18-8-4-3-5-9-18)24(30)27(23)16-15-25-12-6-7-13-25/h3-5,8-9H,2,6-7,10-17H2,1H3. The second-order valence-electron chi connectivity index (χ2n) is 8.67. The van der Waals surface area contributed by atoms with Gasteiger partial charge in [0.15, 0.2) is 0 Å². The van der Waals surface area contributed by atoms with Crippen molar-refractivity contribution >= 4 is 21.6 Å². The van der Waals surface area contributed by atoms with Gasteiger partial charge in [-0.2, -0.15) is 0 Å². The number of thiophene rings is 1. The van der Waals surface area contributed by atoms with Crippen molar-refractivity contribution in [2.24, 2.45) is 0 Å². The molecule has 1 saturated heterocycles. The quantitative estimate of drug-likeness (QED) is 0.594. The van der Waals surface area contributed by atoms with Crippen molar-refractivity contribution in [1.29, 1.82) is 0 Å². The van der Waals surface area contributed by atoms with Crippen molar-refractivity contribution in [1.82, 2.24) is 18.9 Å². The topological polar surface area (TPSA) is 50.5 Å². The third-order valence-corrected chi connectivity index (χ3v) is 7.83. The summed E-state index contributed by atoms with van der Waals surface area (Å²) >= 11 is 1.66. The SMILES string of the molecule is CCCN1CCc2c(sc3c2c(=O)n(-c2ccccc2)c(=O)n3CCN2CCCC2)C1. The van der Waals surface area contributed by atoms with Crippen LogP contribution in [0.4, 0.5) is 0 Å². The van der Waals surface area contributed by atoms with Gasteiger partial charge < -0.3 is 4.90 Å². The second kappa shape index (κ2) is 8.73. The zero-order valence-corrected chi connectivity index (χ0v) is 19.0. The molecule has 3 aromatic rings. The molecule has 0 atom stereocenters. The molecular weight excluding hydrogens is 408 g/mol. The van der Waals surface area contributed by atoms with Crippen LogP contribution in [0.25, 0.3) is 15.9 Å². The first-order chi connectivity index (χ1) is 15.2. The van der Waals surface area contributed by atoms with E-state index in [2.05, 4.69) is 16.7 Å². The minimum absolute atomic E-state index is 0.162. The Morgan fingerprint density at radius 1 is 0.935 bits per heavy atom. The van der Waals surface area contributed by atoms with Gasteiger partial charge in [0.25, 0.3) is 5.56 Å². The molecule has 31 heavy (non-hydrogen) atoms. The first-order valence-corrected chi connectivity index (χ1v) is 12.3. The third kappa shape index (κ3) is 3.79. The minimum atomic E-state index is -0.216. The van der Waals surface area contributed by atoms with Crippen molar-refractivity contribution in [3.63, 3.8) is 0 Å². The first kappa shape index (κ1) is 20.7. The highest BCUT2D eigenvalue weighted by Crippen LogP contribution is 2.33. The first-order valence-electron chi connectivity index (χ1n) is 11.5. The molecule has 6 nitrogen and oxygen atoms in total. The summed E-state index contributed by atoms with van der Waals surface area (Å²) in [5, 5.41) is 0.765. The molecule has 1 aromatic carbocycles. The predicted molar refractivity (Wildman–Crippen MR) is 127 cm³/mol. The van der Waals surface area contributed by atoms with E-state index in [0.717, 1.165) is 67.9 Å². The number of para-hydroxylation sites is 1. The molecule has 0 unspecified atom stereocenters. The predicted octanol–water partition coefficient (Wildman–Crippen LogP) is 3.08. The van der Waals surface area contributed by atoms with Gasteiger partial charge in [-0.05, 0) is 63.0 Å². The van der Waals surface area contributed by atoms with E-state index in [1.165, 1.54) is 22.3 Å². The summed E-state index contributed by atoms with van der Waals surface area (Å²) in [4.78, 5) is 34.2. The van der Waals surface area contributed by atoms with Crippen LogP contribution in [0.1, 0.15) is 36.6 Å². The van der Waals surface area contributed by atoms with Crippen molar-refractivity contribution in [3.8, 4) is 5.69 Å². The van der Waals surface area contributed by atoms with E-state index in [1.807, 2.05) is 34.9 Å². The molecule has 0 N–H and O–H groups in total. The molecule has 0 amide bonds. The van der Waals surface area contributed by atoms with Crippen LogP contribution in [0.15, 0.2) is 39.9 Å². The molecule has 0 saturated carbocycles. The lowest BCUT2D eigenvalue weighted by atomic mass is 10.1. The van der Waals surface area contributed by atoms with E-state index in [1.54, 1.807) is 11.3 Å². The lowest BCUT2D eigenvalue weighted by molar-refractivity contribution is 0.258. The highest BCUT2D eigenvalue weighted by Gasteiger charge is 2.26. The maximum atomic E-state index is 13.6. The lowest BCUT2D eigenvalue weighted by Crippen LogP contribution is -2.40. The van der Waals surface area contributed by atoms with Crippen LogP contribution in [0, 0.1) is 0 Å². The zero-order chi connectivity index (χ0) is 21.4. The smallest absolute Gasteiger partial charge is 0.302 e. The van der Waals surface area contributed by atoms with E-state index in [0.29, 0.717) is 12.2 Å². The minimum Gasteiger partial charge on any atom is -0.302 e. The van der Waals surface area contributed by atoms with Gasteiger partial charge in [-0.3, -0.25) is 14.3 Å². The van der Waals surface area contributed by atoms with Gasteiger partial charge >= 0.3 is 5.69 Å². The van der Waals surface area contributed by atoms with Crippen LogP contribution in [0.3, 0.4) is 0 Å². The number of hydrogen-bond acceptors (Lipinski definition) is 5. The highest BCUT2D eigenvalue weighted by atomic mass is 32.1. The van der Waals surface area contributed by atoms with Gasteiger partial charge in [0.1, 0.15) is 4.83 Å². The van der Waals surface area contributed by atoms with Crippen molar-refractivity contribution in [3.05, 3.63) is 61.6 Å². The van der Waals surface area contributed by atoms with E-state index < -0.39 is 0 Å². The molecule has 0 spiro atoms. The average molecular weight is 439 g/mol. The monoisotopic (exact) mass is 438 g/mol. The Balaban J connectivity index is 1.67. The molecule has 1 fully saturated rings. The van der Waals surface area contributed by atoms with Crippen LogP contribution in [-0.4, -0.2) is 51.7 Å². The van der Waals surface area contributed by atoms with Crippen LogP contribution in [0.5, 0.6) is 0 Å². The largest absolute Gasteiger partial charge is 0.336 e. The maximum absolute atomic E-state index is 13.6. The third-order valence-electron chi connectivity index (χ3n) is 6.59. The fourth-order valence-electron chi connectivity index (χ4n) is 5.02. The summed E-state index contributed by atoms with van der Waals surface area (Å²) in [5.41, 5.74) is 1.44. The number of benzene rings is 1. The maximum Gasteiger partial charge on any atom is 0.336 e. The number of aromatic nitrogens is 2. The Kier molecular flexibility index (Phi) is 5.82. The van der Waals surface area contributed by atoms with Gasteiger partial charge in [-0.15, -0.1) is 11.3 Å². The van der Waals surface area contributed by atoms with Gasteiger partial charge in [0, 0.05) is 31.1 Å². The fraction of sp³-hybridized carbons (Fsp3) is 0.500.